The van der Waals surface area contributed by atoms with Crippen molar-refractivity contribution in [2.24, 2.45) is 17.6 Å². The summed E-state index contributed by atoms with van der Waals surface area (Å²) in [4.78, 5) is 16.3. The zero-order valence-electron chi connectivity index (χ0n) is 15.7. The van der Waals surface area contributed by atoms with E-state index in [9.17, 15) is 9.18 Å². The lowest BCUT2D eigenvalue weighted by Gasteiger charge is -2.18. The van der Waals surface area contributed by atoms with Crippen LogP contribution in [0.5, 0.6) is 5.88 Å². The predicted octanol–water partition coefficient (Wildman–Crippen LogP) is 4.35. The average Bonchev–Trinajstić information content (AvgIpc) is 2.65. The number of amides is 1. The van der Waals surface area contributed by atoms with Gasteiger partial charge < -0.3 is 10.5 Å². The van der Waals surface area contributed by atoms with Crippen LogP contribution in [0.2, 0.25) is 0 Å². The number of hydrogen-bond donors (Lipinski definition) is 1. The third kappa shape index (κ3) is 3.92. The minimum atomic E-state index is -0.332. The summed E-state index contributed by atoms with van der Waals surface area (Å²) in [5.74, 6) is -0.315. The number of aromatic nitrogens is 1. The molecule has 0 aliphatic carbocycles. The fraction of sp³-hybridized carbons (Fsp3) is 0.273. The quantitative estimate of drug-likeness (QED) is 0.705. The van der Waals surface area contributed by atoms with Crippen molar-refractivity contribution in [3.63, 3.8) is 0 Å². The van der Waals surface area contributed by atoms with Crippen LogP contribution < -0.4 is 10.5 Å². The molecule has 0 saturated heterocycles. The minimum Gasteiger partial charge on any atom is -0.481 e. The number of rotatable bonds is 6. The maximum Gasteiger partial charge on any atom is 0.221 e. The Balaban J connectivity index is 1.99. The van der Waals surface area contributed by atoms with Gasteiger partial charge in [-0.15, -0.1) is 0 Å². The van der Waals surface area contributed by atoms with E-state index < -0.39 is 0 Å². The maximum atomic E-state index is 14.1. The second kappa shape index (κ2) is 7.74. The van der Waals surface area contributed by atoms with Crippen molar-refractivity contribution >= 4 is 16.7 Å². The molecule has 2 N–H and O–H groups in total. The second-order valence-electron chi connectivity index (χ2n) is 7.00. The zero-order chi connectivity index (χ0) is 19.6. The summed E-state index contributed by atoms with van der Waals surface area (Å²) in [7, 11) is 1.55. The number of halogens is 1. The first-order valence-corrected chi connectivity index (χ1v) is 8.92. The number of carbonyl (C=O) groups excluding carboxylic acids is 1. The van der Waals surface area contributed by atoms with Crippen LogP contribution in [0.15, 0.2) is 48.5 Å². The van der Waals surface area contributed by atoms with E-state index in [1.54, 1.807) is 19.2 Å². The highest BCUT2D eigenvalue weighted by Gasteiger charge is 2.22. The molecule has 0 aliphatic rings. The molecule has 1 aromatic heterocycles. The Morgan fingerprint density at radius 2 is 1.96 bits per heavy atom. The van der Waals surface area contributed by atoms with Crippen LogP contribution in [0, 0.1) is 17.7 Å². The summed E-state index contributed by atoms with van der Waals surface area (Å²) in [5.41, 5.74) is 7.83. The molecule has 0 aliphatic heterocycles. The van der Waals surface area contributed by atoms with E-state index in [-0.39, 0.29) is 23.6 Å². The van der Waals surface area contributed by atoms with E-state index in [0.717, 1.165) is 16.5 Å². The maximum absolute atomic E-state index is 14.1. The van der Waals surface area contributed by atoms with Crippen molar-refractivity contribution in [1.82, 2.24) is 4.98 Å². The van der Waals surface area contributed by atoms with Crippen LogP contribution >= 0.6 is 0 Å². The highest BCUT2D eigenvalue weighted by atomic mass is 19.1. The second-order valence-corrected chi connectivity index (χ2v) is 7.00. The molecule has 0 fully saturated rings. The third-order valence-corrected chi connectivity index (χ3v) is 4.87. The summed E-state index contributed by atoms with van der Waals surface area (Å²) in [6.07, 6.45) is 0.468. The summed E-state index contributed by atoms with van der Waals surface area (Å²) in [5, 5.41) is 1.39. The van der Waals surface area contributed by atoms with E-state index in [1.165, 1.54) is 6.07 Å². The first kappa shape index (κ1) is 18.8. The number of hydrogen-bond acceptors (Lipinski definition) is 3. The number of primary amides is 1. The van der Waals surface area contributed by atoms with E-state index in [4.69, 9.17) is 10.5 Å². The molecule has 2 aromatic carbocycles. The summed E-state index contributed by atoms with van der Waals surface area (Å²) in [6.45, 7) is 3.93. The Morgan fingerprint density at radius 3 is 2.63 bits per heavy atom. The van der Waals surface area contributed by atoms with Gasteiger partial charge in [0.15, 0.2) is 0 Å². The summed E-state index contributed by atoms with van der Waals surface area (Å²) in [6, 6.07) is 14.3. The zero-order valence-corrected chi connectivity index (χ0v) is 15.7. The third-order valence-electron chi connectivity index (χ3n) is 4.87. The molecule has 5 heteroatoms. The molecule has 0 spiro atoms. The lowest BCUT2D eigenvalue weighted by molar-refractivity contribution is -0.123. The van der Waals surface area contributed by atoms with Gasteiger partial charge in [-0.3, -0.25) is 4.79 Å². The molecule has 1 unspecified atom stereocenters. The number of pyridine rings is 1. The van der Waals surface area contributed by atoms with Gasteiger partial charge in [-0.05, 0) is 35.9 Å². The van der Waals surface area contributed by atoms with Crippen molar-refractivity contribution in [1.29, 1.82) is 0 Å². The van der Waals surface area contributed by atoms with Crippen molar-refractivity contribution in [3.8, 4) is 17.1 Å². The van der Waals surface area contributed by atoms with Gasteiger partial charge in [-0.2, -0.15) is 0 Å². The number of fused-ring (bicyclic) bond motifs is 1. The molecule has 4 nitrogen and oxygen atoms in total. The monoisotopic (exact) mass is 366 g/mol. The Morgan fingerprint density at radius 1 is 1.19 bits per heavy atom. The SMILES string of the molecule is COc1nc(-c2ccc3cccc(F)c3c2)ccc1CC(C(N)=O)C(C)C. The van der Waals surface area contributed by atoms with Crippen molar-refractivity contribution < 1.29 is 13.9 Å². The normalized spacial score (nSPS) is 12.3. The molecule has 1 heterocycles. The number of benzene rings is 2. The molecule has 27 heavy (non-hydrogen) atoms. The van der Waals surface area contributed by atoms with Gasteiger partial charge in [0.2, 0.25) is 11.8 Å². The Labute approximate surface area is 158 Å². The number of ether oxygens (including phenoxy) is 1. The minimum absolute atomic E-state index is 0.121. The Bertz CT molecular complexity index is 985. The highest BCUT2D eigenvalue weighted by Crippen LogP contribution is 2.29. The van der Waals surface area contributed by atoms with Crippen molar-refractivity contribution in [2.45, 2.75) is 20.3 Å². The van der Waals surface area contributed by atoms with Crippen LogP contribution in [0.1, 0.15) is 19.4 Å². The van der Waals surface area contributed by atoms with Gasteiger partial charge in [0, 0.05) is 22.4 Å². The summed E-state index contributed by atoms with van der Waals surface area (Å²) >= 11 is 0. The lowest BCUT2D eigenvalue weighted by Crippen LogP contribution is -2.29. The highest BCUT2D eigenvalue weighted by molar-refractivity contribution is 5.87. The van der Waals surface area contributed by atoms with Gasteiger partial charge in [0.05, 0.1) is 12.8 Å². The molecule has 0 saturated carbocycles. The number of nitrogens with zero attached hydrogens (tertiary/aromatic N) is 1. The molecule has 3 rings (SSSR count). The number of nitrogens with two attached hydrogens (primary N) is 1. The van der Waals surface area contributed by atoms with Crippen molar-refractivity contribution in [2.75, 3.05) is 7.11 Å². The molecule has 140 valence electrons. The van der Waals surface area contributed by atoms with Crippen molar-refractivity contribution in [3.05, 3.63) is 59.9 Å². The lowest BCUT2D eigenvalue weighted by atomic mass is 9.89. The average molecular weight is 366 g/mol. The smallest absolute Gasteiger partial charge is 0.221 e. The largest absolute Gasteiger partial charge is 0.481 e. The fourth-order valence-corrected chi connectivity index (χ4v) is 3.26. The molecule has 3 aromatic rings. The standard InChI is InChI=1S/C22H23FN2O2/c1-13(2)17(21(24)26)12-16-9-10-20(25-22(16)27-3)15-8-7-14-5-4-6-19(23)18(14)11-15/h4-11,13,17H,12H2,1-3H3,(H2,24,26). The number of methoxy groups -OCH3 is 1. The van der Waals surface area contributed by atoms with E-state index in [0.29, 0.717) is 23.4 Å². The van der Waals surface area contributed by atoms with Crippen LogP contribution in [-0.4, -0.2) is 18.0 Å². The molecule has 1 atom stereocenters. The molecular weight excluding hydrogens is 343 g/mol. The Kier molecular flexibility index (Phi) is 5.40. The van der Waals surface area contributed by atoms with E-state index in [1.807, 2.05) is 44.2 Å². The fourth-order valence-electron chi connectivity index (χ4n) is 3.26. The van der Waals surface area contributed by atoms with E-state index in [2.05, 4.69) is 4.98 Å². The molecule has 0 radical (unpaired) electrons. The molecule has 1 amide bonds. The van der Waals surface area contributed by atoms with E-state index >= 15 is 0 Å². The van der Waals surface area contributed by atoms with Crippen LogP contribution in [-0.2, 0) is 11.2 Å². The first-order chi connectivity index (χ1) is 12.9. The van der Waals surface area contributed by atoms with Gasteiger partial charge in [0.25, 0.3) is 0 Å². The first-order valence-electron chi connectivity index (χ1n) is 8.92. The molecule has 0 bridgehead atoms. The molecular formula is C22H23FN2O2. The Hall–Kier alpha value is -2.95. The van der Waals surface area contributed by atoms with Crippen LogP contribution in [0.4, 0.5) is 4.39 Å². The van der Waals surface area contributed by atoms with Crippen LogP contribution in [0.3, 0.4) is 0 Å². The summed E-state index contributed by atoms with van der Waals surface area (Å²) < 4.78 is 19.5. The van der Waals surface area contributed by atoms with Gasteiger partial charge >= 0.3 is 0 Å². The van der Waals surface area contributed by atoms with Crippen LogP contribution in [0.25, 0.3) is 22.0 Å². The van der Waals surface area contributed by atoms with Gasteiger partial charge in [-0.1, -0.05) is 44.2 Å². The topological polar surface area (TPSA) is 65.2 Å². The van der Waals surface area contributed by atoms with Gasteiger partial charge in [0.1, 0.15) is 5.82 Å². The van der Waals surface area contributed by atoms with Gasteiger partial charge in [-0.25, -0.2) is 9.37 Å². The predicted molar refractivity (Wildman–Crippen MR) is 105 cm³/mol. The number of carbonyl (C=O) groups is 1.